The molecule has 20 heavy (non-hydrogen) atoms. The molecule has 0 aromatic heterocycles. The van der Waals surface area contributed by atoms with Gasteiger partial charge in [0.2, 0.25) is 0 Å². The first-order chi connectivity index (χ1) is 9.51. The van der Waals surface area contributed by atoms with Crippen molar-refractivity contribution in [2.45, 2.75) is 19.4 Å². The Morgan fingerprint density at radius 1 is 1.70 bits per heavy atom. The fourth-order valence-electron chi connectivity index (χ4n) is 1.91. The number of nitrogens with zero attached hydrogens (tertiary/aromatic N) is 2. The monoisotopic (exact) mass is 336 g/mol. The predicted molar refractivity (Wildman–Crippen MR) is 78.2 cm³/mol. The molecule has 1 aliphatic rings. The number of oxime groups is 1. The van der Waals surface area contributed by atoms with E-state index in [1.807, 2.05) is 13.0 Å². The highest BCUT2D eigenvalue weighted by atomic mass is 79.9. The van der Waals surface area contributed by atoms with Crippen molar-refractivity contribution < 1.29 is 9.63 Å². The third kappa shape index (κ3) is 3.08. The molecule has 104 valence electrons. The van der Waals surface area contributed by atoms with E-state index in [1.165, 1.54) is 0 Å². The Hall–Kier alpha value is -2.07. The van der Waals surface area contributed by atoms with Crippen LogP contribution in [-0.2, 0) is 9.63 Å². The van der Waals surface area contributed by atoms with Crippen LogP contribution in [0.3, 0.4) is 0 Å². The maximum absolute atomic E-state index is 11.0. The molecular formula is C13H13BrN4O2. The van der Waals surface area contributed by atoms with Gasteiger partial charge >= 0.3 is 0 Å². The van der Waals surface area contributed by atoms with Crippen molar-refractivity contribution >= 4 is 33.2 Å². The lowest BCUT2D eigenvalue weighted by Gasteiger charge is -2.14. The normalized spacial score (nSPS) is 17.1. The van der Waals surface area contributed by atoms with Crippen LogP contribution in [0.2, 0.25) is 0 Å². The highest BCUT2D eigenvalue weighted by Crippen LogP contribution is 2.28. The number of halogens is 1. The Balaban J connectivity index is 2.03. The van der Waals surface area contributed by atoms with Crippen molar-refractivity contribution in [2.75, 3.05) is 11.9 Å². The van der Waals surface area contributed by atoms with E-state index in [4.69, 9.17) is 15.8 Å². The number of amides is 1. The highest BCUT2D eigenvalue weighted by molar-refractivity contribution is 9.10. The van der Waals surface area contributed by atoms with Crippen LogP contribution >= 0.6 is 15.9 Å². The predicted octanol–water partition coefficient (Wildman–Crippen LogP) is 1.67. The molecule has 0 radical (unpaired) electrons. The number of primary amides is 1. The van der Waals surface area contributed by atoms with Gasteiger partial charge in [-0.3, -0.25) is 4.79 Å². The topological polar surface area (TPSA) is 100 Å². The summed E-state index contributed by atoms with van der Waals surface area (Å²) >= 11 is 3.43. The largest absolute Gasteiger partial charge is 0.390 e. The Morgan fingerprint density at radius 2 is 2.45 bits per heavy atom. The lowest BCUT2D eigenvalue weighted by molar-refractivity contribution is -0.112. The van der Waals surface area contributed by atoms with Crippen molar-refractivity contribution in [1.82, 2.24) is 0 Å². The van der Waals surface area contributed by atoms with E-state index in [0.29, 0.717) is 24.2 Å². The molecular weight excluding hydrogens is 324 g/mol. The van der Waals surface area contributed by atoms with E-state index in [9.17, 15) is 4.79 Å². The van der Waals surface area contributed by atoms with E-state index in [-0.39, 0.29) is 11.8 Å². The summed E-state index contributed by atoms with van der Waals surface area (Å²) in [4.78, 5) is 16.1. The second-order valence-electron chi connectivity index (χ2n) is 4.50. The Morgan fingerprint density at radius 3 is 3.05 bits per heavy atom. The van der Waals surface area contributed by atoms with Gasteiger partial charge in [0, 0.05) is 10.9 Å². The first-order valence-electron chi connectivity index (χ1n) is 5.98. The minimum atomic E-state index is -0.568. The van der Waals surface area contributed by atoms with Crippen LogP contribution < -0.4 is 11.1 Å². The summed E-state index contributed by atoms with van der Waals surface area (Å²) in [5.74, 6) is -0.568. The summed E-state index contributed by atoms with van der Waals surface area (Å²) in [5, 5.41) is 15.9. The van der Waals surface area contributed by atoms with Gasteiger partial charge in [-0.15, -0.1) is 0 Å². The van der Waals surface area contributed by atoms with Gasteiger partial charge in [-0.05, 0) is 40.5 Å². The standard InChI is InChI=1S/C13H13BrN4O2/c1-7-2-8(5-15)12(10(14)3-7)17-6-9-4-11(13(16)19)18-20-9/h2-3,9,17H,4,6H2,1H3,(H2,16,19). The number of rotatable bonds is 4. The zero-order chi connectivity index (χ0) is 14.7. The van der Waals surface area contributed by atoms with E-state index >= 15 is 0 Å². The number of carbonyl (C=O) groups is 1. The molecule has 0 fully saturated rings. The van der Waals surface area contributed by atoms with Gasteiger partial charge in [0.05, 0.1) is 17.8 Å². The Labute approximate surface area is 124 Å². The molecule has 1 atom stereocenters. The van der Waals surface area contributed by atoms with Crippen molar-refractivity contribution in [2.24, 2.45) is 10.9 Å². The molecule has 0 saturated heterocycles. The second-order valence-corrected chi connectivity index (χ2v) is 5.35. The third-order valence-corrected chi connectivity index (χ3v) is 3.50. The third-order valence-electron chi connectivity index (χ3n) is 2.88. The van der Waals surface area contributed by atoms with Gasteiger partial charge in [-0.1, -0.05) is 5.16 Å². The molecule has 3 N–H and O–H groups in total. The van der Waals surface area contributed by atoms with E-state index < -0.39 is 5.91 Å². The summed E-state index contributed by atoms with van der Waals surface area (Å²) < 4.78 is 0.808. The average Bonchev–Trinajstić information content (AvgIpc) is 2.85. The zero-order valence-electron chi connectivity index (χ0n) is 10.8. The smallest absolute Gasteiger partial charge is 0.266 e. The van der Waals surface area contributed by atoms with Crippen LogP contribution in [0.25, 0.3) is 0 Å². The van der Waals surface area contributed by atoms with E-state index in [1.54, 1.807) is 6.07 Å². The summed E-state index contributed by atoms with van der Waals surface area (Å²) in [6.45, 7) is 2.35. The molecule has 1 aliphatic heterocycles. The number of hydrogen-bond acceptors (Lipinski definition) is 5. The molecule has 6 nitrogen and oxygen atoms in total. The van der Waals surface area contributed by atoms with Crippen molar-refractivity contribution in [3.8, 4) is 6.07 Å². The minimum Gasteiger partial charge on any atom is -0.390 e. The number of aryl methyl sites for hydroxylation is 1. The van der Waals surface area contributed by atoms with Crippen molar-refractivity contribution in [3.05, 3.63) is 27.7 Å². The average molecular weight is 337 g/mol. The molecule has 2 rings (SSSR count). The molecule has 0 saturated carbocycles. The first-order valence-corrected chi connectivity index (χ1v) is 6.77. The summed E-state index contributed by atoms with van der Waals surface area (Å²) in [7, 11) is 0. The van der Waals surface area contributed by atoms with Crippen LogP contribution in [0.4, 0.5) is 5.69 Å². The lowest BCUT2D eigenvalue weighted by Crippen LogP contribution is -2.26. The molecule has 1 amide bonds. The van der Waals surface area contributed by atoms with E-state index in [2.05, 4.69) is 32.5 Å². The van der Waals surface area contributed by atoms with Gasteiger partial charge in [0.25, 0.3) is 5.91 Å². The van der Waals surface area contributed by atoms with Gasteiger partial charge in [0.1, 0.15) is 11.8 Å². The van der Waals surface area contributed by atoms with E-state index in [0.717, 1.165) is 10.0 Å². The van der Waals surface area contributed by atoms with Crippen LogP contribution in [0.5, 0.6) is 0 Å². The fourth-order valence-corrected chi connectivity index (χ4v) is 2.62. The van der Waals surface area contributed by atoms with Crippen LogP contribution in [0, 0.1) is 18.3 Å². The maximum atomic E-state index is 11.0. The van der Waals surface area contributed by atoms with Gasteiger partial charge in [-0.25, -0.2) is 0 Å². The number of carbonyl (C=O) groups excluding carboxylic acids is 1. The van der Waals surface area contributed by atoms with Gasteiger partial charge in [0.15, 0.2) is 6.10 Å². The van der Waals surface area contributed by atoms with Crippen molar-refractivity contribution in [1.29, 1.82) is 5.26 Å². The fraction of sp³-hybridized carbons (Fsp3) is 0.308. The molecule has 0 bridgehead atoms. The molecule has 0 aliphatic carbocycles. The SMILES string of the molecule is Cc1cc(Br)c(NCC2CC(C(N)=O)=NO2)c(C#N)c1. The first kappa shape index (κ1) is 14.3. The number of anilines is 1. The highest BCUT2D eigenvalue weighted by Gasteiger charge is 2.24. The number of hydrogen-bond donors (Lipinski definition) is 2. The van der Waals surface area contributed by atoms with Crippen LogP contribution in [0.15, 0.2) is 21.8 Å². The van der Waals surface area contributed by atoms with Crippen LogP contribution in [-0.4, -0.2) is 24.3 Å². The number of nitriles is 1. The minimum absolute atomic E-state index is 0.236. The molecule has 1 heterocycles. The molecule has 0 spiro atoms. The summed E-state index contributed by atoms with van der Waals surface area (Å²) in [6, 6.07) is 5.86. The Bertz CT molecular complexity index is 622. The maximum Gasteiger partial charge on any atom is 0.266 e. The molecule has 7 heteroatoms. The zero-order valence-corrected chi connectivity index (χ0v) is 12.4. The lowest BCUT2D eigenvalue weighted by atomic mass is 10.1. The van der Waals surface area contributed by atoms with Crippen LogP contribution in [0.1, 0.15) is 17.5 Å². The number of nitrogens with two attached hydrogens (primary N) is 1. The Kier molecular flexibility index (Phi) is 4.25. The molecule has 1 aromatic rings. The second kappa shape index (κ2) is 5.92. The van der Waals surface area contributed by atoms with Gasteiger partial charge in [-0.2, -0.15) is 5.26 Å². The van der Waals surface area contributed by atoms with Crippen molar-refractivity contribution in [3.63, 3.8) is 0 Å². The molecule has 1 aromatic carbocycles. The summed E-state index contributed by atoms with van der Waals surface area (Å²) in [5.41, 5.74) is 7.62. The number of benzene rings is 1. The summed E-state index contributed by atoms with van der Waals surface area (Å²) in [6.07, 6.45) is 0.102. The number of nitrogens with one attached hydrogen (secondary N) is 1. The molecule has 1 unspecified atom stereocenters. The van der Waals surface area contributed by atoms with Gasteiger partial charge < -0.3 is 15.9 Å². The quantitative estimate of drug-likeness (QED) is 0.873.